The van der Waals surface area contributed by atoms with Crippen LogP contribution in [0.2, 0.25) is 0 Å². The molecule has 1 aliphatic rings. The molecule has 0 bridgehead atoms. The summed E-state index contributed by atoms with van der Waals surface area (Å²) in [4.78, 5) is 0. The summed E-state index contributed by atoms with van der Waals surface area (Å²) in [5.74, 6) is 2.43. The van der Waals surface area contributed by atoms with E-state index in [4.69, 9.17) is 5.73 Å². The molecule has 0 amide bonds. The SMILES string of the molecule is CC(C)C1CCCC(N)(C(C)C)CCC1. The molecule has 0 aromatic carbocycles. The van der Waals surface area contributed by atoms with E-state index in [1.807, 2.05) is 0 Å². The minimum Gasteiger partial charge on any atom is -0.325 e. The van der Waals surface area contributed by atoms with Gasteiger partial charge >= 0.3 is 0 Å². The minimum atomic E-state index is 0.127. The maximum absolute atomic E-state index is 6.49. The maximum atomic E-state index is 6.49. The quantitative estimate of drug-likeness (QED) is 0.735. The van der Waals surface area contributed by atoms with E-state index in [9.17, 15) is 0 Å². The molecule has 0 radical (unpaired) electrons. The molecule has 1 fully saturated rings. The molecule has 1 rings (SSSR count). The van der Waals surface area contributed by atoms with Gasteiger partial charge in [-0.3, -0.25) is 0 Å². The van der Waals surface area contributed by atoms with Gasteiger partial charge in [0.15, 0.2) is 0 Å². The van der Waals surface area contributed by atoms with Crippen LogP contribution in [0, 0.1) is 17.8 Å². The first kappa shape index (κ1) is 13.0. The standard InChI is InChI=1S/C14H29N/c1-11(2)13-7-5-9-14(15,12(3)4)10-6-8-13/h11-13H,5-10,15H2,1-4H3. The summed E-state index contributed by atoms with van der Waals surface area (Å²) in [5, 5.41) is 0. The highest BCUT2D eigenvalue weighted by Crippen LogP contribution is 2.34. The Hall–Kier alpha value is -0.0400. The van der Waals surface area contributed by atoms with Crippen LogP contribution in [0.4, 0.5) is 0 Å². The molecule has 90 valence electrons. The molecule has 0 unspecified atom stereocenters. The molecule has 0 heterocycles. The van der Waals surface area contributed by atoms with Crippen LogP contribution >= 0.6 is 0 Å². The molecular weight excluding hydrogens is 182 g/mol. The second kappa shape index (κ2) is 5.34. The highest BCUT2D eigenvalue weighted by atomic mass is 14.7. The zero-order valence-electron chi connectivity index (χ0n) is 11.1. The van der Waals surface area contributed by atoms with Gasteiger partial charge in [0.2, 0.25) is 0 Å². The Balaban J connectivity index is 2.50. The van der Waals surface area contributed by atoms with Crippen LogP contribution in [0.3, 0.4) is 0 Å². The van der Waals surface area contributed by atoms with Gasteiger partial charge in [-0.15, -0.1) is 0 Å². The third-order valence-corrected chi connectivity index (χ3v) is 4.53. The third kappa shape index (κ3) is 3.48. The van der Waals surface area contributed by atoms with Crippen molar-refractivity contribution in [1.82, 2.24) is 0 Å². The fourth-order valence-corrected chi connectivity index (χ4v) is 2.90. The molecule has 0 atom stereocenters. The van der Waals surface area contributed by atoms with Gasteiger partial charge in [0.05, 0.1) is 0 Å². The number of hydrogen-bond donors (Lipinski definition) is 1. The average Bonchev–Trinajstić information content (AvgIpc) is 2.10. The van der Waals surface area contributed by atoms with Crippen molar-refractivity contribution in [2.45, 2.75) is 71.8 Å². The summed E-state index contributed by atoms with van der Waals surface area (Å²) in [6.45, 7) is 9.29. The Bertz CT molecular complexity index is 174. The Kier molecular flexibility index (Phi) is 4.64. The molecule has 1 heteroatoms. The van der Waals surface area contributed by atoms with Crippen molar-refractivity contribution in [2.24, 2.45) is 23.5 Å². The van der Waals surface area contributed by atoms with Crippen LogP contribution in [0.15, 0.2) is 0 Å². The Morgan fingerprint density at radius 3 is 1.80 bits per heavy atom. The lowest BCUT2D eigenvalue weighted by Gasteiger charge is -2.37. The molecule has 1 saturated carbocycles. The Morgan fingerprint density at radius 2 is 1.47 bits per heavy atom. The van der Waals surface area contributed by atoms with E-state index in [2.05, 4.69) is 27.7 Å². The summed E-state index contributed by atoms with van der Waals surface area (Å²) in [7, 11) is 0. The minimum absolute atomic E-state index is 0.127. The van der Waals surface area contributed by atoms with Crippen molar-refractivity contribution in [1.29, 1.82) is 0 Å². The number of hydrogen-bond acceptors (Lipinski definition) is 1. The normalized spacial score (nSPS) is 34.2. The van der Waals surface area contributed by atoms with Crippen molar-refractivity contribution in [3.63, 3.8) is 0 Å². The lowest BCUT2D eigenvalue weighted by atomic mass is 9.73. The summed E-state index contributed by atoms with van der Waals surface area (Å²) in [5.41, 5.74) is 6.62. The molecule has 0 saturated heterocycles. The lowest BCUT2D eigenvalue weighted by molar-refractivity contribution is 0.200. The van der Waals surface area contributed by atoms with Crippen LogP contribution in [0.1, 0.15) is 66.2 Å². The molecule has 1 aliphatic carbocycles. The van der Waals surface area contributed by atoms with Crippen molar-refractivity contribution in [3.05, 3.63) is 0 Å². The fraction of sp³-hybridized carbons (Fsp3) is 1.00. The summed E-state index contributed by atoms with van der Waals surface area (Å²) in [6, 6.07) is 0. The number of rotatable bonds is 2. The van der Waals surface area contributed by atoms with Gasteiger partial charge in [-0.05, 0) is 30.6 Å². The molecule has 15 heavy (non-hydrogen) atoms. The van der Waals surface area contributed by atoms with Crippen LogP contribution in [-0.4, -0.2) is 5.54 Å². The third-order valence-electron chi connectivity index (χ3n) is 4.53. The second-order valence-corrected chi connectivity index (χ2v) is 6.18. The highest BCUT2D eigenvalue weighted by molar-refractivity contribution is 4.89. The molecular formula is C14H29N. The van der Waals surface area contributed by atoms with Gasteiger partial charge in [0.1, 0.15) is 0 Å². The molecule has 2 N–H and O–H groups in total. The van der Waals surface area contributed by atoms with Crippen molar-refractivity contribution >= 4 is 0 Å². The summed E-state index contributed by atoms with van der Waals surface area (Å²) < 4.78 is 0. The van der Waals surface area contributed by atoms with Crippen molar-refractivity contribution in [2.75, 3.05) is 0 Å². The maximum Gasteiger partial charge on any atom is 0.0177 e. The van der Waals surface area contributed by atoms with Gasteiger partial charge in [-0.1, -0.05) is 53.4 Å². The molecule has 0 aliphatic heterocycles. The summed E-state index contributed by atoms with van der Waals surface area (Å²) >= 11 is 0. The monoisotopic (exact) mass is 211 g/mol. The smallest absolute Gasteiger partial charge is 0.0177 e. The van der Waals surface area contributed by atoms with E-state index >= 15 is 0 Å². The average molecular weight is 211 g/mol. The first-order chi connectivity index (χ1) is 6.96. The molecule has 0 aromatic rings. The second-order valence-electron chi connectivity index (χ2n) is 6.18. The lowest BCUT2D eigenvalue weighted by Crippen LogP contribution is -2.45. The van der Waals surface area contributed by atoms with Gasteiger partial charge in [-0.25, -0.2) is 0 Å². The van der Waals surface area contributed by atoms with E-state index in [0.717, 1.165) is 11.8 Å². The van der Waals surface area contributed by atoms with E-state index < -0.39 is 0 Å². The summed E-state index contributed by atoms with van der Waals surface area (Å²) in [6.07, 6.45) is 7.91. The Labute approximate surface area is 95.8 Å². The van der Waals surface area contributed by atoms with Gasteiger partial charge in [0.25, 0.3) is 0 Å². The van der Waals surface area contributed by atoms with Gasteiger partial charge in [0, 0.05) is 5.54 Å². The van der Waals surface area contributed by atoms with Crippen LogP contribution in [-0.2, 0) is 0 Å². The van der Waals surface area contributed by atoms with E-state index in [0.29, 0.717) is 5.92 Å². The molecule has 0 spiro atoms. The van der Waals surface area contributed by atoms with Crippen molar-refractivity contribution in [3.8, 4) is 0 Å². The van der Waals surface area contributed by atoms with E-state index in [1.54, 1.807) is 0 Å². The van der Waals surface area contributed by atoms with Crippen molar-refractivity contribution < 1.29 is 0 Å². The van der Waals surface area contributed by atoms with Gasteiger partial charge < -0.3 is 5.73 Å². The van der Waals surface area contributed by atoms with E-state index in [1.165, 1.54) is 38.5 Å². The Morgan fingerprint density at radius 1 is 1.00 bits per heavy atom. The molecule has 1 nitrogen and oxygen atoms in total. The first-order valence-corrected chi connectivity index (χ1v) is 6.74. The zero-order chi connectivity index (χ0) is 11.5. The predicted octanol–water partition coefficient (Wildman–Crippen LogP) is 3.97. The zero-order valence-corrected chi connectivity index (χ0v) is 11.1. The van der Waals surface area contributed by atoms with Gasteiger partial charge in [-0.2, -0.15) is 0 Å². The highest BCUT2D eigenvalue weighted by Gasteiger charge is 2.30. The fourth-order valence-electron chi connectivity index (χ4n) is 2.90. The predicted molar refractivity (Wildman–Crippen MR) is 67.8 cm³/mol. The van der Waals surface area contributed by atoms with Crippen LogP contribution in [0.25, 0.3) is 0 Å². The molecule has 0 aromatic heterocycles. The first-order valence-electron chi connectivity index (χ1n) is 6.74. The largest absolute Gasteiger partial charge is 0.325 e. The topological polar surface area (TPSA) is 26.0 Å². The number of nitrogens with two attached hydrogens (primary N) is 1. The van der Waals surface area contributed by atoms with E-state index in [-0.39, 0.29) is 5.54 Å². The van der Waals surface area contributed by atoms with Crippen LogP contribution in [0.5, 0.6) is 0 Å². The van der Waals surface area contributed by atoms with Crippen LogP contribution < -0.4 is 5.73 Å².